The van der Waals surface area contributed by atoms with Gasteiger partial charge in [-0.25, -0.2) is 0 Å². The highest BCUT2D eigenvalue weighted by Gasteiger charge is 2.09. The third kappa shape index (κ3) is 5.10. The number of carboxylic acids is 1. The number of aromatic nitrogens is 1. The van der Waals surface area contributed by atoms with Crippen LogP contribution >= 0.6 is 0 Å². The summed E-state index contributed by atoms with van der Waals surface area (Å²) in [5.74, 6) is -1.00. The van der Waals surface area contributed by atoms with Crippen molar-refractivity contribution in [3.63, 3.8) is 0 Å². The molecule has 5 nitrogen and oxygen atoms in total. The number of hydrogen-bond acceptors (Lipinski definition) is 3. The molecule has 92 valence electrons. The van der Waals surface area contributed by atoms with Crippen molar-refractivity contribution in [2.75, 3.05) is 0 Å². The van der Waals surface area contributed by atoms with Crippen molar-refractivity contribution in [3.05, 3.63) is 30.1 Å². The van der Waals surface area contributed by atoms with Gasteiger partial charge >= 0.3 is 5.97 Å². The molecule has 2 N–H and O–H groups in total. The van der Waals surface area contributed by atoms with E-state index in [0.29, 0.717) is 6.42 Å². The Bertz CT molecular complexity index is 379. The normalized spacial score (nSPS) is 11.8. The maximum Gasteiger partial charge on any atom is 0.303 e. The van der Waals surface area contributed by atoms with Crippen molar-refractivity contribution >= 4 is 11.9 Å². The van der Waals surface area contributed by atoms with Gasteiger partial charge in [0, 0.05) is 25.2 Å². The molecule has 5 heteroatoms. The van der Waals surface area contributed by atoms with Gasteiger partial charge in [0.15, 0.2) is 0 Å². The zero-order chi connectivity index (χ0) is 12.7. The Balaban J connectivity index is 2.34. The molecular weight excluding hydrogens is 220 g/mol. The van der Waals surface area contributed by atoms with E-state index in [-0.39, 0.29) is 24.8 Å². The number of aliphatic carboxylic acids is 1. The van der Waals surface area contributed by atoms with Gasteiger partial charge in [0.05, 0.1) is 6.04 Å². The lowest BCUT2D eigenvalue weighted by atomic mass is 10.1. The molecule has 0 radical (unpaired) electrons. The molecule has 1 heterocycles. The first-order chi connectivity index (χ1) is 8.09. The Labute approximate surface area is 99.9 Å². The molecule has 1 atom stereocenters. The van der Waals surface area contributed by atoms with Crippen LogP contribution in [0.25, 0.3) is 0 Å². The fourth-order valence-electron chi connectivity index (χ4n) is 1.45. The molecule has 17 heavy (non-hydrogen) atoms. The number of pyridine rings is 1. The summed E-state index contributed by atoms with van der Waals surface area (Å²) in [7, 11) is 0. The van der Waals surface area contributed by atoms with Crippen molar-refractivity contribution in [2.24, 2.45) is 0 Å². The van der Waals surface area contributed by atoms with Crippen LogP contribution in [-0.2, 0) is 9.59 Å². The zero-order valence-corrected chi connectivity index (χ0v) is 9.72. The van der Waals surface area contributed by atoms with Gasteiger partial charge in [-0.1, -0.05) is 0 Å². The molecule has 0 spiro atoms. The van der Waals surface area contributed by atoms with E-state index in [4.69, 9.17) is 5.11 Å². The van der Waals surface area contributed by atoms with Crippen molar-refractivity contribution < 1.29 is 14.7 Å². The van der Waals surface area contributed by atoms with E-state index in [9.17, 15) is 9.59 Å². The van der Waals surface area contributed by atoms with Gasteiger partial charge in [-0.3, -0.25) is 14.6 Å². The first kappa shape index (κ1) is 13.2. The van der Waals surface area contributed by atoms with Crippen molar-refractivity contribution in [2.45, 2.75) is 32.2 Å². The molecule has 0 aromatic carbocycles. The average molecular weight is 236 g/mol. The Hall–Kier alpha value is -1.91. The molecular formula is C12H16N2O3. The van der Waals surface area contributed by atoms with Crippen LogP contribution in [0.4, 0.5) is 0 Å². The molecule has 1 aromatic heterocycles. The van der Waals surface area contributed by atoms with Crippen molar-refractivity contribution in [1.82, 2.24) is 10.3 Å². The Morgan fingerprint density at radius 1 is 1.35 bits per heavy atom. The van der Waals surface area contributed by atoms with Gasteiger partial charge in [0.1, 0.15) is 0 Å². The highest BCUT2D eigenvalue weighted by atomic mass is 16.4. The van der Waals surface area contributed by atoms with Gasteiger partial charge in [-0.05, 0) is 31.0 Å². The largest absolute Gasteiger partial charge is 0.481 e. The summed E-state index contributed by atoms with van der Waals surface area (Å²) in [6.07, 6.45) is 3.97. The van der Waals surface area contributed by atoms with E-state index < -0.39 is 5.97 Å². The summed E-state index contributed by atoms with van der Waals surface area (Å²) in [5.41, 5.74) is 0.978. The maximum absolute atomic E-state index is 11.5. The van der Waals surface area contributed by atoms with E-state index in [1.807, 2.05) is 19.1 Å². The SMILES string of the molecule is C[C@@H](NC(=O)CCCC(=O)O)c1ccncc1. The third-order valence-corrected chi connectivity index (χ3v) is 2.38. The molecule has 1 rings (SSSR count). The lowest BCUT2D eigenvalue weighted by molar-refractivity contribution is -0.137. The predicted molar refractivity (Wildman–Crippen MR) is 62.3 cm³/mol. The maximum atomic E-state index is 11.5. The van der Waals surface area contributed by atoms with E-state index in [1.165, 1.54) is 0 Å². The van der Waals surface area contributed by atoms with Crippen LogP contribution < -0.4 is 5.32 Å². The Morgan fingerprint density at radius 2 is 2.00 bits per heavy atom. The van der Waals surface area contributed by atoms with Crippen LogP contribution in [0.5, 0.6) is 0 Å². The minimum atomic E-state index is -0.875. The lowest BCUT2D eigenvalue weighted by Gasteiger charge is -2.13. The molecule has 0 aliphatic carbocycles. The molecule has 0 unspecified atom stereocenters. The molecule has 0 saturated carbocycles. The number of nitrogens with one attached hydrogen (secondary N) is 1. The van der Waals surface area contributed by atoms with Gasteiger partial charge < -0.3 is 10.4 Å². The second-order valence-corrected chi connectivity index (χ2v) is 3.82. The first-order valence-electron chi connectivity index (χ1n) is 5.50. The summed E-state index contributed by atoms with van der Waals surface area (Å²) in [6, 6.07) is 3.58. The molecule has 0 aliphatic rings. The quantitative estimate of drug-likeness (QED) is 0.784. The average Bonchev–Trinajstić information content (AvgIpc) is 2.29. The van der Waals surface area contributed by atoms with Gasteiger partial charge in [-0.2, -0.15) is 0 Å². The molecule has 0 saturated heterocycles. The van der Waals surface area contributed by atoms with Crippen LogP contribution in [0.2, 0.25) is 0 Å². The predicted octanol–water partition coefficient (Wildman–Crippen LogP) is 1.51. The topological polar surface area (TPSA) is 79.3 Å². The zero-order valence-electron chi connectivity index (χ0n) is 9.72. The van der Waals surface area contributed by atoms with Gasteiger partial charge in [-0.15, -0.1) is 0 Å². The van der Waals surface area contributed by atoms with Crippen molar-refractivity contribution in [3.8, 4) is 0 Å². The van der Waals surface area contributed by atoms with Crippen LogP contribution in [0.15, 0.2) is 24.5 Å². The summed E-state index contributed by atoms with van der Waals surface area (Å²) >= 11 is 0. The minimum absolute atomic E-state index is 0.0249. The number of rotatable bonds is 6. The fraction of sp³-hybridized carbons (Fsp3) is 0.417. The highest BCUT2D eigenvalue weighted by Crippen LogP contribution is 2.10. The summed E-state index contributed by atoms with van der Waals surface area (Å²) in [4.78, 5) is 25.7. The molecule has 0 bridgehead atoms. The van der Waals surface area contributed by atoms with E-state index in [0.717, 1.165) is 5.56 Å². The molecule has 1 aromatic rings. The van der Waals surface area contributed by atoms with E-state index in [1.54, 1.807) is 12.4 Å². The van der Waals surface area contributed by atoms with Gasteiger partial charge in [0.2, 0.25) is 5.91 Å². The van der Waals surface area contributed by atoms with Crippen LogP contribution in [0, 0.1) is 0 Å². The molecule has 0 fully saturated rings. The summed E-state index contributed by atoms with van der Waals surface area (Å²) in [6.45, 7) is 1.88. The van der Waals surface area contributed by atoms with Gasteiger partial charge in [0.25, 0.3) is 0 Å². The van der Waals surface area contributed by atoms with E-state index in [2.05, 4.69) is 10.3 Å². The summed E-state index contributed by atoms with van der Waals surface area (Å²) < 4.78 is 0. The van der Waals surface area contributed by atoms with Crippen LogP contribution in [-0.4, -0.2) is 22.0 Å². The van der Waals surface area contributed by atoms with Crippen molar-refractivity contribution in [1.29, 1.82) is 0 Å². The second-order valence-electron chi connectivity index (χ2n) is 3.82. The number of carboxylic acid groups (broad SMARTS) is 1. The number of carbonyl (C=O) groups is 2. The monoisotopic (exact) mass is 236 g/mol. The molecule has 0 aliphatic heterocycles. The van der Waals surface area contributed by atoms with E-state index >= 15 is 0 Å². The number of carbonyl (C=O) groups excluding carboxylic acids is 1. The standard InChI is InChI=1S/C12H16N2O3/c1-9(10-5-7-13-8-6-10)14-11(15)3-2-4-12(16)17/h5-9H,2-4H2,1H3,(H,14,15)(H,16,17)/t9-/m1/s1. The summed E-state index contributed by atoms with van der Waals surface area (Å²) in [5, 5.41) is 11.3. The fourth-order valence-corrected chi connectivity index (χ4v) is 1.45. The number of hydrogen-bond donors (Lipinski definition) is 2. The van der Waals surface area contributed by atoms with Crippen LogP contribution in [0.1, 0.15) is 37.8 Å². The minimum Gasteiger partial charge on any atom is -0.481 e. The Kier molecular flexibility index (Phi) is 5.13. The third-order valence-electron chi connectivity index (χ3n) is 2.38. The van der Waals surface area contributed by atoms with Crippen LogP contribution in [0.3, 0.4) is 0 Å². The molecule has 1 amide bonds. The number of nitrogens with zero attached hydrogens (tertiary/aromatic N) is 1. The lowest BCUT2D eigenvalue weighted by Crippen LogP contribution is -2.26. The Morgan fingerprint density at radius 3 is 2.59 bits per heavy atom. The number of amides is 1. The highest BCUT2D eigenvalue weighted by molar-refractivity contribution is 5.77. The first-order valence-corrected chi connectivity index (χ1v) is 5.50. The smallest absolute Gasteiger partial charge is 0.303 e. The second kappa shape index (κ2) is 6.62.